The van der Waals surface area contributed by atoms with E-state index in [2.05, 4.69) is 81.5 Å². The van der Waals surface area contributed by atoms with E-state index in [-0.39, 0.29) is 31.1 Å². The van der Waals surface area contributed by atoms with Crippen LogP contribution in [0.15, 0.2) is 85.1 Å². The van der Waals surface area contributed by atoms with Gasteiger partial charge in [-0.3, -0.25) is 14.4 Å². The van der Waals surface area contributed by atoms with Crippen molar-refractivity contribution >= 4 is 17.9 Å². The van der Waals surface area contributed by atoms with Gasteiger partial charge in [0, 0.05) is 19.3 Å². The molecule has 0 radical (unpaired) electrons. The molecule has 0 heterocycles. The van der Waals surface area contributed by atoms with E-state index in [1.807, 2.05) is 24.3 Å². The van der Waals surface area contributed by atoms with Crippen LogP contribution in [0.4, 0.5) is 0 Å². The van der Waals surface area contributed by atoms with Crippen molar-refractivity contribution in [2.75, 3.05) is 13.2 Å². The van der Waals surface area contributed by atoms with E-state index in [0.717, 1.165) is 96.3 Å². The summed E-state index contributed by atoms with van der Waals surface area (Å²) in [6.07, 6.45) is 77.1. The normalized spacial score (nSPS) is 12.7. The van der Waals surface area contributed by atoms with Crippen molar-refractivity contribution in [3.05, 3.63) is 85.1 Å². The molecule has 71 heavy (non-hydrogen) atoms. The van der Waals surface area contributed by atoms with Crippen molar-refractivity contribution in [1.29, 1.82) is 0 Å². The number of carbonyl (C=O) groups is 3. The van der Waals surface area contributed by atoms with E-state index in [4.69, 9.17) is 14.2 Å². The molecule has 0 aromatic heterocycles. The molecule has 6 nitrogen and oxygen atoms in total. The number of hydrogen-bond donors (Lipinski definition) is 0. The van der Waals surface area contributed by atoms with Gasteiger partial charge in [0.05, 0.1) is 0 Å². The maximum Gasteiger partial charge on any atom is 0.306 e. The van der Waals surface area contributed by atoms with Gasteiger partial charge in [-0.15, -0.1) is 0 Å². The van der Waals surface area contributed by atoms with Crippen molar-refractivity contribution < 1.29 is 28.6 Å². The molecule has 0 aromatic carbocycles. The SMILES string of the molecule is CCC\C=C/C=C\C=C/C=C\C=C/CCCCCCCC(=O)OCC(COC(=O)CCCCCCCCC/C=C\C/C=C\CCCCC)OC(=O)CCCCCCCCCCCCCCCCCCCC. The summed E-state index contributed by atoms with van der Waals surface area (Å²) in [5.41, 5.74) is 0. The molecule has 0 saturated carbocycles. The second-order valence-corrected chi connectivity index (χ2v) is 20.0. The minimum absolute atomic E-state index is 0.0873. The molecular weight excluding hydrogens is 877 g/mol. The van der Waals surface area contributed by atoms with Crippen molar-refractivity contribution in [2.24, 2.45) is 0 Å². The average Bonchev–Trinajstić information content (AvgIpc) is 3.37. The van der Waals surface area contributed by atoms with Crippen molar-refractivity contribution in [3.63, 3.8) is 0 Å². The lowest BCUT2D eigenvalue weighted by Gasteiger charge is -2.18. The van der Waals surface area contributed by atoms with Crippen LogP contribution >= 0.6 is 0 Å². The summed E-state index contributed by atoms with van der Waals surface area (Å²) in [5, 5.41) is 0. The van der Waals surface area contributed by atoms with Gasteiger partial charge in [0.1, 0.15) is 13.2 Å². The van der Waals surface area contributed by atoms with Crippen molar-refractivity contribution in [3.8, 4) is 0 Å². The maximum atomic E-state index is 12.9. The smallest absolute Gasteiger partial charge is 0.306 e. The van der Waals surface area contributed by atoms with Crippen LogP contribution in [0.1, 0.15) is 290 Å². The molecule has 0 aliphatic carbocycles. The first kappa shape index (κ1) is 67.6. The van der Waals surface area contributed by atoms with Crippen LogP contribution in [0, 0.1) is 0 Å². The molecule has 408 valence electrons. The van der Waals surface area contributed by atoms with E-state index < -0.39 is 6.10 Å². The summed E-state index contributed by atoms with van der Waals surface area (Å²) in [6, 6.07) is 0. The number of rotatable bonds is 54. The summed E-state index contributed by atoms with van der Waals surface area (Å²) in [4.78, 5) is 38.3. The Hall–Kier alpha value is -3.41. The van der Waals surface area contributed by atoms with Crippen LogP contribution in [0.25, 0.3) is 0 Å². The molecule has 0 saturated heterocycles. The molecular formula is C65H112O6. The van der Waals surface area contributed by atoms with Crippen LogP contribution < -0.4 is 0 Å². The Kier molecular flexibility index (Phi) is 56.3. The first-order valence-corrected chi connectivity index (χ1v) is 30.2. The maximum absolute atomic E-state index is 12.9. The van der Waals surface area contributed by atoms with Gasteiger partial charge in [-0.05, 0) is 70.6 Å². The van der Waals surface area contributed by atoms with E-state index in [0.29, 0.717) is 19.3 Å². The summed E-state index contributed by atoms with van der Waals surface area (Å²) in [6.45, 7) is 6.53. The zero-order chi connectivity index (χ0) is 51.4. The lowest BCUT2D eigenvalue weighted by Crippen LogP contribution is -2.30. The molecule has 0 N–H and O–H groups in total. The van der Waals surface area contributed by atoms with Crippen LogP contribution in [-0.4, -0.2) is 37.2 Å². The fourth-order valence-corrected chi connectivity index (χ4v) is 8.45. The topological polar surface area (TPSA) is 78.9 Å². The molecule has 1 unspecified atom stereocenters. The van der Waals surface area contributed by atoms with Crippen LogP contribution in [0.5, 0.6) is 0 Å². The van der Waals surface area contributed by atoms with E-state index >= 15 is 0 Å². The van der Waals surface area contributed by atoms with Gasteiger partial charge >= 0.3 is 17.9 Å². The highest BCUT2D eigenvalue weighted by molar-refractivity contribution is 5.71. The highest BCUT2D eigenvalue weighted by Gasteiger charge is 2.19. The predicted molar refractivity (Wildman–Crippen MR) is 307 cm³/mol. The molecule has 0 rings (SSSR count). The zero-order valence-corrected chi connectivity index (χ0v) is 46.7. The van der Waals surface area contributed by atoms with Gasteiger partial charge in [0.15, 0.2) is 6.10 Å². The molecule has 0 bridgehead atoms. The number of allylic oxidation sites excluding steroid dienone is 14. The quantitative estimate of drug-likeness (QED) is 0.0199. The van der Waals surface area contributed by atoms with E-state index in [9.17, 15) is 14.4 Å². The minimum atomic E-state index is -0.790. The molecule has 0 aromatic rings. The summed E-state index contributed by atoms with van der Waals surface area (Å²) < 4.78 is 16.9. The van der Waals surface area contributed by atoms with E-state index in [1.54, 1.807) is 0 Å². The zero-order valence-electron chi connectivity index (χ0n) is 46.7. The van der Waals surface area contributed by atoms with Crippen molar-refractivity contribution in [2.45, 2.75) is 297 Å². The summed E-state index contributed by atoms with van der Waals surface area (Å²) in [7, 11) is 0. The van der Waals surface area contributed by atoms with Gasteiger partial charge in [-0.1, -0.05) is 286 Å². The standard InChI is InChI=1S/C65H112O6/c1-4-7-10-13-16-19-22-25-28-31-34-37-40-43-46-49-52-55-58-64(67)70-61-62(60-69-63(66)57-54-51-48-45-42-39-36-33-30-27-24-21-18-15-12-9-6-3)71-65(68)59-56-53-50-47-44-41-38-35-32-29-26-23-20-17-14-11-8-5-2/h10,13,16,18-19,21-22,25,27-28,30-31,34,37,62H,4-9,11-12,14-15,17,20,23-24,26,29,32-33,35-36,38-61H2,1-3H3/b13-10-,19-16-,21-18-,25-22-,30-27-,31-28-,37-34-. The monoisotopic (exact) mass is 989 g/mol. The second-order valence-electron chi connectivity index (χ2n) is 20.0. The van der Waals surface area contributed by atoms with Crippen LogP contribution in [0.3, 0.4) is 0 Å². The molecule has 0 fully saturated rings. The van der Waals surface area contributed by atoms with Gasteiger partial charge in [0.25, 0.3) is 0 Å². The third kappa shape index (κ3) is 57.4. The number of hydrogen-bond acceptors (Lipinski definition) is 6. The Morgan fingerprint density at radius 2 is 0.592 bits per heavy atom. The minimum Gasteiger partial charge on any atom is -0.462 e. The highest BCUT2D eigenvalue weighted by Crippen LogP contribution is 2.16. The number of unbranched alkanes of at least 4 members (excludes halogenated alkanes) is 33. The Morgan fingerprint density at radius 3 is 0.986 bits per heavy atom. The van der Waals surface area contributed by atoms with Crippen LogP contribution in [-0.2, 0) is 28.6 Å². The Bertz CT molecular complexity index is 1370. The summed E-state index contributed by atoms with van der Waals surface area (Å²) in [5.74, 6) is -0.908. The number of carbonyl (C=O) groups excluding carboxylic acids is 3. The Labute approximate surface area is 439 Å². The lowest BCUT2D eigenvalue weighted by molar-refractivity contribution is -0.167. The van der Waals surface area contributed by atoms with Gasteiger partial charge in [-0.2, -0.15) is 0 Å². The molecule has 6 heteroatoms. The summed E-state index contributed by atoms with van der Waals surface area (Å²) >= 11 is 0. The third-order valence-corrected chi connectivity index (χ3v) is 13.0. The molecule has 0 aliphatic heterocycles. The Morgan fingerprint density at radius 1 is 0.296 bits per heavy atom. The van der Waals surface area contributed by atoms with Crippen LogP contribution in [0.2, 0.25) is 0 Å². The number of ether oxygens (including phenoxy) is 3. The predicted octanol–water partition coefficient (Wildman–Crippen LogP) is 20.3. The first-order chi connectivity index (χ1) is 35.0. The largest absolute Gasteiger partial charge is 0.462 e. The second kappa shape index (κ2) is 59.2. The fourth-order valence-electron chi connectivity index (χ4n) is 8.45. The lowest BCUT2D eigenvalue weighted by atomic mass is 10.0. The average molecular weight is 990 g/mol. The number of esters is 3. The first-order valence-electron chi connectivity index (χ1n) is 30.2. The Balaban J connectivity index is 4.43. The molecule has 0 spiro atoms. The van der Waals surface area contributed by atoms with E-state index in [1.165, 1.54) is 154 Å². The molecule has 1 atom stereocenters. The molecule has 0 aliphatic rings. The highest BCUT2D eigenvalue weighted by atomic mass is 16.6. The van der Waals surface area contributed by atoms with Gasteiger partial charge in [-0.25, -0.2) is 0 Å². The van der Waals surface area contributed by atoms with Gasteiger partial charge < -0.3 is 14.2 Å². The van der Waals surface area contributed by atoms with Crippen molar-refractivity contribution in [1.82, 2.24) is 0 Å². The molecule has 0 amide bonds. The fraction of sp³-hybridized carbons (Fsp3) is 0.738. The third-order valence-electron chi connectivity index (χ3n) is 13.0. The van der Waals surface area contributed by atoms with Gasteiger partial charge in [0.2, 0.25) is 0 Å².